The van der Waals surface area contributed by atoms with E-state index in [1.165, 1.54) is 37.0 Å². The highest BCUT2D eigenvalue weighted by Crippen LogP contribution is 2.28. The maximum atomic E-state index is 11.8. The molecular weight excluding hydrogens is 360 g/mol. The number of sulfonamides is 1. The lowest BCUT2D eigenvalue weighted by Gasteiger charge is -2.16. The van der Waals surface area contributed by atoms with Crippen LogP contribution in [0.4, 0.5) is 5.69 Å². The third kappa shape index (κ3) is 6.78. The minimum atomic E-state index is -3.29. The van der Waals surface area contributed by atoms with Crippen LogP contribution in [-0.4, -0.2) is 51.8 Å². The van der Waals surface area contributed by atoms with Crippen LogP contribution in [0.2, 0.25) is 0 Å². The number of anilines is 1. The summed E-state index contributed by atoms with van der Waals surface area (Å²) < 4.78 is 29.6. The fourth-order valence-electron chi connectivity index (χ4n) is 2.61. The standard InChI is InChI=1S/C17H26N2O4S2/c1-19(25(2,21)22)14-7-9-15(10-8-14)23-13-17(20)18-11-12-24-16-5-3-4-6-16/h7-10,16H,3-6,11-13H2,1-2H3,(H,18,20). The molecule has 0 saturated heterocycles. The van der Waals surface area contributed by atoms with Crippen molar-refractivity contribution in [3.8, 4) is 5.75 Å². The first-order valence-electron chi connectivity index (χ1n) is 8.41. The van der Waals surface area contributed by atoms with Crippen molar-refractivity contribution in [1.29, 1.82) is 0 Å². The number of carbonyl (C=O) groups excluding carboxylic acids is 1. The van der Waals surface area contributed by atoms with Crippen LogP contribution in [0.15, 0.2) is 24.3 Å². The molecule has 2 rings (SSSR count). The molecule has 8 heteroatoms. The highest BCUT2D eigenvalue weighted by Gasteiger charge is 2.15. The number of benzene rings is 1. The molecule has 0 unspecified atom stereocenters. The molecule has 25 heavy (non-hydrogen) atoms. The fourth-order valence-corrected chi connectivity index (χ4v) is 4.34. The van der Waals surface area contributed by atoms with Crippen LogP contribution in [0.3, 0.4) is 0 Å². The van der Waals surface area contributed by atoms with Crippen LogP contribution < -0.4 is 14.4 Å². The van der Waals surface area contributed by atoms with E-state index in [1.54, 1.807) is 24.3 Å². The fraction of sp³-hybridized carbons (Fsp3) is 0.588. The lowest BCUT2D eigenvalue weighted by molar-refractivity contribution is -0.122. The van der Waals surface area contributed by atoms with Gasteiger partial charge in [0.2, 0.25) is 10.0 Å². The molecule has 1 amide bonds. The molecule has 6 nitrogen and oxygen atoms in total. The van der Waals surface area contributed by atoms with E-state index in [0.717, 1.165) is 17.3 Å². The summed E-state index contributed by atoms with van der Waals surface area (Å²) in [5.74, 6) is 1.31. The predicted octanol–water partition coefficient (Wildman–Crippen LogP) is 2.25. The Labute approximate surface area is 154 Å². The minimum Gasteiger partial charge on any atom is -0.484 e. The SMILES string of the molecule is CN(c1ccc(OCC(=O)NCCSC2CCCC2)cc1)S(C)(=O)=O. The van der Waals surface area contributed by atoms with E-state index >= 15 is 0 Å². The number of hydrogen-bond acceptors (Lipinski definition) is 5. The van der Waals surface area contributed by atoms with Crippen molar-refractivity contribution >= 4 is 33.4 Å². The van der Waals surface area contributed by atoms with Crippen LogP contribution in [0, 0.1) is 0 Å². The second kappa shape index (κ2) is 9.33. The number of ether oxygens (including phenoxy) is 1. The molecule has 0 spiro atoms. The summed E-state index contributed by atoms with van der Waals surface area (Å²) in [5.41, 5.74) is 0.545. The molecule has 1 aliphatic rings. The first-order chi connectivity index (χ1) is 11.9. The maximum absolute atomic E-state index is 11.8. The molecule has 0 heterocycles. The van der Waals surface area contributed by atoms with E-state index in [1.807, 2.05) is 11.8 Å². The van der Waals surface area contributed by atoms with Crippen molar-refractivity contribution in [2.45, 2.75) is 30.9 Å². The monoisotopic (exact) mass is 386 g/mol. The number of hydrogen-bond donors (Lipinski definition) is 1. The highest BCUT2D eigenvalue weighted by molar-refractivity contribution is 7.99. The van der Waals surface area contributed by atoms with Gasteiger partial charge >= 0.3 is 0 Å². The molecule has 0 aromatic heterocycles. The normalized spacial score (nSPS) is 15.1. The van der Waals surface area contributed by atoms with Gasteiger partial charge in [0.05, 0.1) is 11.9 Å². The van der Waals surface area contributed by atoms with Crippen molar-refractivity contribution in [1.82, 2.24) is 5.32 Å². The zero-order chi connectivity index (χ0) is 18.3. The Bertz CT molecular complexity index is 656. The van der Waals surface area contributed by atoms with Crippen LogP contribution in [0.25, 0.3) is 0 Å². The Morgan fingerprint density at radius 1 is 1.28 bits per heavy atom. The number of nitrogens with zero attached hydrogens (tertiary/aromatic N) is 1. The summed E-state index contributed by atoms with van der Waals surface area (Å²) in [6.45, 7) is 0.608. The van der Waals surface area contributed by atoms with Crippen LogP contribution >= 0.6 is 11.8 Å². The average molecular weight is 387 g/mol. The number of rotatable bonds is 9. The predicted molar refractivity (Wildman–Crippen MR) is 103 cm³/mol. The molecular formula is C17H26N2O4S2. The van der Waals surface area contributed by atoms with E-state index in [2.05, 4.69) is 5.32 Å². The second-order valence-electron chi connectivity index (χ2n) is 6.14. The van der Waals surface area contributed by atoms with Gasteiger partial charge in [-0.15, -0.1) is 0 Å². The van der Waals surface area contributed by atoms with Crippen molar-refractivity contribution in [3.63, 3.8) is 0 Å². The number of nitrogens with one attached hydrogen (secondary N) is 1. The van der Waals surface area contributed by atoms with Crippen LogP contribution in [0.1, 0.15) is 25.7 Å². The molecule has 0 radical (unpaired) electrons. The Morgan fingerprint density at radius 3 is 2.52 bits per heavy atom. The van der Waals surface area contributed by atoms with E-state index < -0.39 is 10.0 Å². The van der Waals surface area contributed by atoms with Crippen molar-refractivity contribution in [2.24, 2.45) is 0 Å². The van der Waals surface area contributed by atoms with Crippen LogP contribution in [-0.2, 0) is 14.8 Å². The zero-order valence-electron chi connectivity index (χ0n) is 14.7. The van der Waals surface area contributed by atoms with Gasteiger partial charge in [0.15, 0.2) is 6.61 Å². The molecule has 1 fully saturated rings. The number of thioether (sulfide) groups is 1. The Balaban J connectivity index is 1.67. The van der Waals surface area contributed by atoms with Gasteiger partial charge in [0, 0.05) is 24.6 Å². The third-order valence-electron chi connectivity index (χ3n) is 4.15. The third-order valence-corrected chi connectivity index (χ3v) is 6.74. The highest BCUT2D eigenvalue weighted by atomic mass is 32.2. The smallest absolute Gasteiger partial charge is 0.257 e. The summed E-state index contributed by atoms with van der Waals surface area (Å²) in [4.78, 5) is 11.8. The van der Waals surface area contributed by atoms with Gasteiger partial charge in [-0.2, -0.15) is 11.8 Å². The van der Waals surface area contributed by atoms with E-state index in [4.69, 9.17) is 4.74 Å². The van der Waals surface area contributed by atoms with Crippen molar-refractivity contribution in [3.05, 3.63) is 24.3 Å². The molecule has 1 saturated carbocycles. The van der Waals surface area contributed by atoms with E-state index in [-0.39, 0.29) is 12.5 Å². The van der Waals surface area contributed by atoms with Gasteiger partial charge in [-0.25, -0.2) is 8.42 Å². The topological polar surface area (TPSA) is 75.7 Å². The Morgan fingerprint density at radius 2 is 1.92 bits per heavy atom. The molecule has 1 aromatic carbocycles. The second-order valence-corrected chi connectivity index (χ2v) is 9.56. The molecule has 1 aliphatic carbocycles. The van der Waals surface area contributed by atoms with Crippen molar-refractivity contribution in [2.75, 3.05) is 36.5 Å². The minimum absolute atomic E-state index is 0.0463. The first kappa shape index (κ1) is 19.9. The van der Waals surface area contributed by atoms with Gasteiger partial charge in [0.1, 0.15) is 5.75 Å². The summed E-state index contributed by atoms with van der Waals surface area (Å²) in [7, 11) is -1.80. The first-order valence-corrected chi connectivity index (χ1v) is 11.3. The van der Waals surface area contributed by atoms with Gasteiger partial charge < -0.3 is 10.1 Å². The molecule has 0 bridgehead atoms. The number of carbonyl (C=O) groups is 1. The summed E-state index contributed by atoms with van der Waals surface area (Å²) in [6.07, 6.45) is 6.40. The summed E-state index contributed by atoms with van der Waals surface area (Å²) in [6, 6.07) is 6.60. The van der Waals surface area contributed by atoms with E-state index in [0.29, 0.717) is 18.0 Å². The zero-order valence-corrected chi connectivity index (χ0v) is 16.4. The van der Waals surface area contributed by atoms with Gasteiger partial charge in [-0.05, 0) is 37.1 Å². The molecule has 0 atom stereocenters. The lowest BCUT2D eigenvalue weighted by atomic mass is 10.3. The van der Waals surface area contributed by atoms with Gasteiger partial charge in [-0.1, -0.05) is 12.8 Å². The lowest BCUT2D eigenvalue weighted by Crippen LogP contribution is -2.30. The van der Waals surface area contributed by atoms with Crippen LogP contribution in [0.5, 0.6) is 5.75 Å². The maximum Gasteiger partial charge on any atom is 0.257 e. The molecule has 0 aliphatic heterocycles. The Kier molecular flexibility index (Phi) is 7.43. The molecule has 1 aromatic rings. The Hall–Kier alpha value is -1.41. The van der Waals surface area contributed by atoms with Crippen molar-refractivity contribution < 1.29 is 17.9 Å². The quantitative estimate of drug-likeness (QED) is 0.659. The van der Waals surface area contributed by atoms with Gasteiger partial charge in [-0.3, -0.25) is 9.10 Å². The summed E-state index contributed by atoms with van der Waals surface area (Å²) in [5, 5.41) is 3.61. The molecule has 140 valence electrons. The van der Waals surface area contributed by atoms with E-state index in [9.17, 15) is 13.2 Å². The average Bonchev–Trinajstić information content (AvgIpc) is 3.09. The van der Waals surface area contributed by atoms with Gasteiger partial charge in [0.25, 0.3) is 5.91 Å². The summed E-state index contributed by atoms with van der Waals surface area (Å²) >= 11 is 1.94. The molecule has 1 N–H and O–H groups in total. The number of amides is 1. The largest absolute Gasteiger partial charge is 0.484 e.